The maximum Gasteiger partial charge on any atom is 0.0607 e. The lowest BCUT2D eigenvalue weighted by Gasteiger charge is -2.36. The van der Waals surface area contributed by atoms with E-state index in [1.165, 1.54) is 19.4 Å². The van der Waals surface area contributed by atoms with Gasteiger partial charge in [0.1, 0.15) is 0 Å². The Morgan fingerprint density at radius 2 is 2.06 bits per heavy atom. The van der Waals surface area contributed by atoms with E-state index in [2.05, 4.69) is 24.1 Å². The quantitative estimate of drug-likeness (QED) is 0.603. The number of rotatable bonds is 6. The highest BCUT2D eigenvalue weighted by Crippen LogP contribution is 2.19. The maximum atomic E-state index is 9.04. The molecule has 1 rings (SSSR count). The Balaban J connectivity index is 2.37. The van der Waals surface area contributed by atoms with E-state index in [1.54, 1.807) is 0 Å². The maximum absolute atomic E-state index is 9.04. The number of aliphatic hydroxyl groups is 2. The monoisotopic (exact) mass is 230 g/mol. The molecule has 0 radical (unpaired) electrons. The zero-order valence-electron chi connectivity index (χ0n) is 10.5. The first-order valence-electron chi connectivity index (χ1n) is 6.41. The van der Waals surface area contributed by atoms with Gasteiger partial charge < -0.3 is 20.4 Å². The second kappa shape index (κ2) is 7.22. The highest BCUT2D eigenvalue weighted by Gasteiger charge is 2.24. The number of nitrogens with zero attached hydrogens (tertiary/aromatic N) is 1. The number of nitrogens with one attached hydrogen (secondary N) is 1. The summed E-state index contributed by atoms with van der Waals surface area (Å²) >= 11 is 0. The van der Waals surface area contributed by atoms with Crippen LogP contribution in [0.15, 0.2) is 0 Å². The van der Waals surface area contributed by atoms with Gasteiger partial charge in [0.15, 0.2) is 0 Å². The van der Waals surface area contributed by atoms with E-state index in [0.717, 1.165) is 13.1 Å². The normalized spacial score (nSPS) is 24.9. The molecule has 1 fully saturated rings. The molecule has 1 aliphatic heterocycles. The van der Waals surface area contributed by atoms with Crippen LogP contribution in [-0.2, 0) is 0 Å². The Bertz CT molecular complexity index is 186. The summed E-state index contributed by atoms with van der Waals surface area (Å²) in [5.74, 6) is 0.634. The van der Waals surface area contributed by atoms with Gasteiger partial charge in [-0.3, -0.25) is 0 Å². The molecule has 1 heterocycles. The van der Waals surface area contributed by atoms with Crippen molar-refractivity contribution in [2.45, 2.75) is 38.8 Å². The third kappa shape index (κ3) is 4.01. The molecule has 4 nitrogen and oxygen atoms in total. The molecule has 4 heteroatoms. The summed E-state index contributed by atoms with van der Waals surface area (Å²) in [4.78, 5) is 2.47. The van der Waals surface area contributed by atoms with E-state index in [-0.39, 0.29) is 19.3 Å². The van der Waals surface area contributed by atoms with E-state index >= 15 is 0 Å². The molecule has 0 spiro atoms. The number of hydrogen-bond donors (Lipinski definition) is 3. The molecule has 16 heavy (non-hydrogen) atoms. The van der Waals surface area contributed by atoms with Gasteiger partial charge in [-0.15, -0.1) is 0 Å². The van der Waals surface area contributed by atoms with Crippen LogP contribution in [0, 0.1) is 5.92 Å². The summed E-state index contributed by atoms with van der Waals surface area (Å²) in [6.45, 7) is 7.83. The number of hydrogen-bond acceptors (Lipinski definition) is 4. The number of piperidine rings is 1. The van der Waals surface area contributed by atoms with Gasteiger partial charge in [0, 0.05) is 12.6 Å². The Kier molecular flexibility index (Phi) is 6.28. The molecule has 0 saturated carbocycles. The molecule has 3 N–H and O–H groups in total. The lowest BCUT2D eigenvalue weighted by molar-refractivity contribution is 0.123. The van der Waals surface area contributed by atoms with Crippen molar-refractivity contribution in [2.24, 2.45) is 5.92 Å². The smallest absolute Gasteiger partial charge is 0.0607 e. The fraction of sp³-hybridized carbons (Fsp3) is 1.00. The predicted octanol–water partition coefficient (Wildman–Crippen LogP) is 0.0496. The van der Waals surface area contributed by atoms with Crippen LogP contribution in [0.5, 0.6) is 0 Å². The zero-order chi connectivity index (χ0) is 12.0. The van der Waals surface area contributed by atoms with Gasteiger partial charge in [-0.25, -0.2) is 0 Å². The van der Waals surface area contributed by atoms with Crippen LogP contribution in [0.25, 0.3) is 0 Å². The number of aliphatic hydroxyl groups excluding tert-OH is 2. The molecule has 0 aromatic heterocycles. The van der Waals surface area contributed by atoms with Crippen LogP contribution in [0.3, 0.4) is 0 Å². The van der Waals surface area contributed by atoms with Crippen LogP contribution >= 0.6 is 0 Å². The third-order valence-electron chi connectivity index (χ3n) is 3.64. The van der Waals surface area contributed by atoms with Crippen molar-refractivity contribution in [3.05, 3.63) is 0 Å². The van der Waals surface area contributed by atoms with Crippen LogP contribution in [-0.4, -0.2) is 60.0 Å². The van der Waals surface area contributed by atoms with Gasteiger partial charge in [-0.05, 0) is 38.8 Å². The standard InChI is InChI=1S/C12H26N2O2/c1-3-14-6-4-5-11(7-14)10(2)13-12(8-15)9-16/h10-13,15-16H,3-9H2,1-2H3. The summed E-state index contributed by atoms with van der Waals surface area (Å²) in [5, 5.41) is 21.4. The zero-order valence-corrected chi connectivity index (χ0v) is 10.5. The van der Waals surface area contributed by atoms with E-state index in [1.807, 2.05) is 0 Å². The summed E-state index contributed by atoms with van der Waals surface area (Å²) in [5.41, 5.74) is 0. The average Bonchev–Trinajstić information content (AvgIpc) is 2.35. The Hall–Kier alpha value is -0.160. The minimum Gasteiger partial charge on any atom is -0.395 e. The second-order valence-corrected chi connectivity index (χ2v) is 4.81. The lowest BCUT2D eigenvalue weighted by atomic mass is 9.91. The molecule has 1 aliphatic rings. The van der Waals surface area contributed by atoms with Gasteiger partial charge in [-0.2, -0.15) is 0 Å². The molecule has 2 unspecified atom stereocenters. The first-order valence-corrected chi connectivity index (χ1v) is 6.41. The Labute approximate surface area is 98.6 Å². The SMILES string of the molecule is CCN1CCCC(C(C)NC(CO)CO)C1. The van der Waals surface area contributed by atoms with Crippen LogP contribution in [0.1, 0.15) is 26.7 Å². The second-order valence-electron chi connectivity index (χ2n) is 4.81. The summed E-state index contributed by atoms with van der Waals surface area (Å²) < 4.78 is 0. The van der Waals surface area contributed by atoms with Gasteiger partial charge in [0.25, 0.3) is 0 Å². The van der Waals surface area contributed by atoms with Crippen LogP contribution in [0.2, 0.25) is 0 Å². The largest absolute Gasteiger partial charge is 0.395 e. The minimum absolute atomic E-state index is 0.00501. The van der Waals surface area contributed by atoms with Crippen LogP contribution < -0.4 is 5.32 Å². The summed E-state index contributed by atoms with van der Waals surface area (Å²) in [6, 6.07) is 0.186. The van der Waals surface area contributed by atoms with Gasteiger partial charge in [0.05, 0.1) is 19.3 Å². The summed E-state index contributed by atoms with van der Waals surface area (Å²) in [6.07, 6.45) is 2.50. The molecule has 0 bridgehead atoms. The van der Waals surface area contributed by atoms with E-state index in [9.17, 15) is 0 Å². The van der Waals surface area contributed by atoms with Crippen molar-refractivity contribution >= 4 is 0 Å². The van der Waals surface area contributed by atoms with E-state index in [0.29, 0.717) is 12.0 Å². The molecule has 0 aromatic rings. The van der Waals surface area contributed by atoms with Crippen molar-refractivity contribution < 1.29 is 10.2 Å². The van der Waals surface area contributed by atoms with E-state index in [4.69, 9.17) is 10.2 Å². The van der Waals surface area contributed by atoms with Crippen molar-refractivity contribution in [3.8, 4) is 0 Å². The van der Waals surface area contributed by atoms with Gasteiger partial charge in [0.2, 0.25) is 0 Å². The highest BCUT2D eigenvalue weighted by molar-refractivity contribution is 4.82. The fourth-order valence-corrected chi connectivity index (χ4v) is 2.46. The minimum atomic E-state index is -0.174. The van der Waals surface area contributed by atoms with Gasteiger partial charge in [-0.1, -0.05) is 6.92 Å². The van der Waals surface area contributed by atoms with Gasteiger partial charge >= 0.3 is 0 Å². The van der Waals surface area contributed by atoms with Crippen molar-refractivity contribution in [2.75, 3.05) is 32.8 Å². The van der Waals surface area contributed by atoms with Crippen LogP contribution in [0.4, 0.5) is 0 Å². The Morgan fingerprint density at radius 1 is 1.38 bits per heavy atom. The first-order chi connectivity index (χ1) is 7.71. The molecular weight excluding hydrogens is 204 g/mol. The van der Waals surface area contributed by atoms with Crippen molar-refractivity contribution in [1.82, 2.24) is 10.2 Å². The first kappa shape index (κ1) is 13.9. The molecule has 0 aliphatic carbocycles. The highest BCUT2D eigenvalue weighted by atomic mass is 16.3. The average molecular weight is 230 g/mol. The molecule has 0 aromatic carbocycles. The molecule has 0 amide bonds. The summed E-state index contributed by atoms with van der Waals surface area (Å²) in [7, 11) is 0. The topological polar surface area (TPSA) is 55.7 Å². The third-order valence-corrected chi connectivity index (χ3v) is 3.64. The number of likely N-dealkylation sites (tertiary alicyclic amines) is 1. The van der Waals surface area contributed by atoms with E-state index < -0.39 is 0 Å². The lowest BCUT2D eigenvalue weighted by Crippen LogP contribution is -2.49. The molecular formula is C12H26N2O2. The van der Waals surface area contributed by atoms with Crippen molar-refractivity contribution in [1.29, 1.82) is 0 Å². The molecule has 1 saturated heterocycles. The fourth-order valence-electron chi connectivity index (χ4n) is 2.46. The van der Waals surface area contributed by atoms with Crippen molar-refractivity contribution in [3.63, 3.8) is 0 Å². The molecule has 96 valence electrons. The predicted molar refractivity (Wildman–Crippen MR) is 65.4 cm³/mol. The Morgan fingerprint density at radius 3 is 2.62 bits per heavy atom. The molecule has 2 atom stereocenters.